The van der Waals surface area contributed by atoms with Crippen LogP contribution in [0.3, 0.4) is 0 Å². The Hall–Kier alpha value is -1.07. The minimum absolute atomic E-state index is 0.0105. The molecule has 1 aromatic rings. The normalized spacial score (nSPS) is 16.4. The second-order valence-corrected chi connectivity index (χ2v) is 5.67. The molecule has 1 heterocycles. The number of hydrogen-bond donors (Lipinski definition) is 1. The lowest BCUT2D eigenvalue weighted by Crippen LogP contribution is -2.41. The van der Waals surface area contributed by atoms with E-state index in [0.717, 1.165) is 17.3 Å². The van der Waals surface area contributed by atoms with Crippen molar-refractivity contribution >= 4 is 21.8 Å². The van der Waals surface area contributed by atoms with E-state index in [2.05, 4.69) is 15.9 Å². The molecule has 1 aromatic carbocycles. The second-order valence-electron chi connectivity index (χ2n) is 4.75. The summed E-state index contributed by atoms with van der Waals surface area (Å²) in [5.74, 6) is 1.04. The van der Waals surface area contributed by atoms with Crippen LogP contribution in [0.2, 0.25) is 0 Å². The Balaban J connectivity index is 1.79. The molecule has 1 aliphatic heterocycles. The van der Waals surface area contributed by atoms with E-state index >= 15 is 0 Å². The van der Waals surface area contributed by atoms with Gasteiger partial charge in [0.25, 0.3) is 5.91 Å². The van der Waals surface area contributed by atoms with Crippen LogP contribution in [0.5, 0.6) is 5.75 Å². The molecule has 1 aliphatic rings. The Morgan fingerprint density at radius 3 is 2.79 bits per heavy atom. The van der Waals surface area contributed by atoms with E-state index in [9.17, 15) is 4.79 Å². The fourth-order valence-electron chi connectivity index (χ4n) is 2.16. The van der Waals surface area contributed by atoms with Gasteiger partial charge in [0.1, 0.15) is 5.75 Å². The summed E-state index contributed by atoms with van der Waals surface area (Å²) in [5.41, 5.74) is 0. The quantitative estimate of drug-likeness (QED) is 0.920. The van der Waals surface area contributed by atoms with Crippen LogP contribution in [0.15, 0.2) is 28.7 Å². The van der Waals surface area contributed by atoms with E-state index in [0.29, 0.717) is 24.8 Å². The molecule has 0 aliphatic carbocycles. The lowest BCUT2D eigenvalue weighted by atomic mass is 9.98. The molecule has 19 heavy (non-hydrogen) atoms. The van der Waals surface area contributed by atoms with Gasteiger partial charge < -0.3 is 14.7 Å². The van der Waals surface area contributed by atoms with Gasteiger partial charge in [0.05, 0.1) is 0 Å². The summed E-state index contributed by atoms with van der Waals surface area (Å²) in [6.07, 6.45) is 1.75. The minimum Gasteiger partial charge on any atom is -0.484 e. The van der Waals surface area contributed by atoms with Crippen molar-refractivity contribution in [2.75, 3.05) is 26.3 Å². The fraction of sp³-hybridized carbons (Fsp3) is 0.500. The van der Waals surface area contributed by atoms with Gasteiger partial charge in [-0.25, -0.2) is 0 Å². The van der Waals surface area contributed by atoms with Crippen LogP contribution in [-0.4, -0.2) is 42.2 Å². The molecule has 0 radical (unpaired) electrons. The number of ether oxygens (including phenoxy) is 1. The predicted molar refractivity (Wildman–Crippen MR) is 76.0 cm³/mol. The molecule has 0 atom stereocenters. The number of amides is 1. The number of aliphatic hydroxyl groups is 1. The largest absolute Gasteiger partial charge is 0.484 e. The maximum Gasteiger partial charge on any atom is 0.260 e. The monoisotopic (exact) mass is 327 g/mol. The molecular formula is C14H18BrNO3. The number of piperidine rings is 1. The number of carbonyl (C=O) groups is 1. The standard InChI is InChI=1S/C14H18BrNO3/c15-12-2-1-3-13(8-12)19-10-14(18)16-6-4-11(9-17)5-7-16/h1-3,8,11,17H,4-7,9-10H2. The van der Waals surface area contributed by atoms with Crippen molar-refractivity contribution in [3.63, 3.8) is 0 Å². The highest BCUT2D eigenvalue weighted by Crippen LogP contribution is 2.19. The van der Waals surface area contributed by atoms with E-state index in [1.54, 1.807) is 0 Å². The molecule has 1 fully saturated rings. The van der Waals surface area contributed by atoms with E-state index in [1.165, 1.54) is 0 Å². The number of nitrogens with zero attached hydrogens (tertiary/aromatic N) is 1. The van der Waals surface area contributed by atoms with Gasteiger partial charge in [0, 0.05) is 24.2 Å². The highest BCUT2D eigenvalue weighted by Gasteiger charge is 2.22. The topological polar surface area (TPSA) is 49.8 Å². The van der Waals surface area contributed by atoms with Crippen molar-refractivity contribution in [3.05, 3.63) is 28.7 Å². The van der Waals surface area contributed by atoms with Crippen molar-refractivity contribution in [1.82, 2.24) is 4.90 Å². The number of rotatable bonds is 4. The van der Waals surface area contributed by atoms with E-state index in [4.69, 9.17) is 9.84 Å². The number of aliphatic hydroxyl groups excluding tert-OH is 1. The number of carbonyl (C=O) groups excluding carboxylic acids is 1. The molecule has 1 amide bonds. The highest BCUT2D eigenvalue weighted by molar-refractivity contribution is 9.10. The van der Waals surface area contributed by atoms with Gasteiger partial charge >= 0.3 is 0 Å². The lowest BCUT2D eigenvalue weighted by Gasteiger charge is -2.31. The first kappa shape index (κ1) is 14.3. The third kappa shape index (κ3) is 4.21. The summed E-state index contributed by atoms with van der Waals surface area (Å²) in [7, 11) is 0. The van der Waals surface area contributed by atoms with Crippen LogP contribution >= 0.6 is 15.9 Å². The van der Waals surface area contributed by atoms with Gasteiger partial charge in [-0.2, -0.15) is 0 Å². The zero-order valence-corrected chi connectivity index (χ0v) is 12.3. The van der Waals surface area contributed by atoms with Gasteiger partial charge in [0.2, 0.25) is 0 Å². The first-order chi connectivity index (χ1) is 9.19. The van der Waals surface area contributed by atoms with Gasteiger partial charge in [-0.1, -0.05) is 22.0 Å². The molecule has 4 nitrogen and oxygen atoms in total. The summed E-state index contributed by atoms with van der Waals surface area (Å²) in [4.78, 5) is 13.8. The zero-order valence-electron chi connectivity index (χ0n) is 10.7. The molecule has 104 valence electrons. The van der Waals surface area contributed by atoms with Gasteiger partial charge in [-0.05, 0) is 37.0 Å². The van der Waals surface area contributed by atoms with Crippen molar-refractivity contribution in [1.29, 1.82) is 0 Å². The summed E-state index contributed by atoms with van der Waals surface area (Å²) in [6.45, 7) is 1.72. The smallest absolute Gasteiger partial charge is 0.260 e. The van der Waals surface area contributed by atoms with Gasteiger partial charge in [0.15, 0.2) is 6.61 Å². The molecule has 0 saturated carbocycles. The predicted octanol–water partition coefficient (Wildman–Crippen LogP) is 2.06. The highest BCUT2D eigenvalue weighted by atomic mass is 79.9. The summed E-state index contributed by atoms with van der Waals surface area (Å²) >= 11 is 3.36. The van der Waals surface area contributed by atoms with Crippen LogP contribution < -0.4 is 4.74 Å². The minimum atomic E-state index is 0.0105. The SMILES string of the molecule is O=C(COc1cccc(Br)c1)N1CCC(CO)CC1. The Morgan fingerprint density at radius 2 is 2.16 bits per heavy atom. The second kappa shape index (κ2) is 6.91. The third-order valence-electron chi connectivity index (χ3n) is 3.38. The van der Waals surface area contributed by atoms with Gasteiger partial charge in [-0.3, -0.25) is 4.79 Å². The molecule has 1 saturated heterocycles. The van der Waals surface area contributed by atoms with Crippen molar-refractivity contribution < 1.29 is 14.6 Å². The van der Waals surface area contributed by atoms with Gasteiger partial charge in [-0.15, -0.1) is 0 Å². The molecule has 0 bridgehead atoms. The van der Waals surface area contributed by atoms with Crippen LogP contribution in [-0.2, 0) is 4.79 Å². The van der Waals surface area contributed by atoms with Crippen LogP contribution in [0.4, 0.5) is 0 Å². The average molecular weight is 328 g/mol. The summed E-state index contributed by atoms with van der Waals surface area (Å²) in [6, 6.07) is 7.45. The average Bonchev–Trinajstić information content (AvgIpc) is 2.45. The first-order valence-corrected chi connectivity index (χ1v) is 7.25. The zero-order chi connectivity index (χ0) is 13.7. The van der Waals surface area contributed by atoms with E-state index in [1.807, 2.05) is 29.2 Å². The Morgan fingerprint density at radius 1 is 1.42 bits per heavy atom. The molecule has 2 rings (SSSR count). The van der Waals surface area contributed by atoms with Crippen molar-refractivity contribution in [3.8, 4) is 5.75 Å². The van der Waals surface area contributed by atoms with Crippen molar-refractivity contribution in [2.45, 2.75) is 12.8 Å². The first-order valence-electron chi connectivity index (χ1n) is 6.46. The Labute approximate surface area is 121 Å². The van der Waals surface area contributed by atoms with Crippen LogP contribution in [0, 0.1) is 5.92 Å². The number of halogens is 1. The number of hydrogen-bond acceptors (Lipinski definition) is 3. The molecule has 0 aromatic heterocycles. The Kier molecular flexibility index (Phi) is 5.22. The maximum atomic E-state index is 12.0. The van der Waals surface area contributed by atoms with Crippen molar-refractivity contribution in [2.24, 2.45) is 5.92 Å². The Bertz CT molecular complexity index is 430. The molecular weight excluding hydrogens is 310 g/mol. The lowest BCUT2D eigenvalue weighted by molar-refractivity contribution is -0.134. The van der Waals surface area contributed by atoms with Crippen LogP contribution in [0.25, 0.3) is 0 Å². The molecule has 0 unspecified atom stereocenters. The summed E-state index contributed by atoms with van der Waals surface area (Å²) < 4.78 is 6.42. The third-order valence-corrected chi connectivity index (χ3v) is 3.88. The van der Waals surface area contributed by atoms with E-state index in [-0.39, 0.29) is 19.1 Å². The fourth-order valence-corrected chi connectivity index (χ4v) is 2.54. The number of benzene rings is 1. The molecule has 0 spiro atoms. The molecule has 5 heteroatoms. The summed E-state index contributed by atoms with van der Waals surface area (Å²) in [5, 5.41) is 9.06. The number of likely N-dealkylation sites (tertiary alicyclic amines) is 1. The molecule has 1 N–H and O–H groups in total. The van der Waals surface area contributed by atoms with E-state index < -0.39 is 0 Å². The maximum absolute atomic E-state index is 12.0. The van der Waals surface area contributed by atoms with Crippen LogP contribution in [0.1, 0.15) is 12.8 Å².